The molecule has 0 amide bonds. The summed E-state index contributed by atoms with van der Waals surface area (Å²) < 4.78 is 56.8. The number of halogens is 2. The van der Waals surface area contributed by atoms with Crippen molar-refractivity contribution in [2.45, 2.75) is 32.3 Å². The molecule has 2 aromatic rings. The summed E-state index contributed by atoms with van der Waals surface area (Å²) in [6, 6.07) is 9.38. The third-order valence-corrected chi connectivity index (χ3v) is 4.74. The normalized spacial score (nSPS) is 11.6. The van der Waals surface area contributed by atoms with Gasteiger partial charge in [0.05, 0.1) is 10.6 Å². The second kappa shape index (κ2) is 6.54. The predicted octanol–water partition coefficient (Wildman–Crippen LogP) is 4.01. The van der Waals surface area contributed by atoms with E-state index in [0.717, 1.165) is 5.56 Å². The number of hydrogen-bond acceptors (Lipinski definition) is 3. The van der Waals surface area contributed by atoms with Crippen LogP contribution in [0.15, 0.2) is 41.3 Å². The van der Waals surface area contributed by atoms with Crippen LogP contribution in [-0.2, 0) is 10.0 Å². The molecule has 0 aliphatic rings. The van der Waals surface area contributed by atoms with Crippen molar-refractivity contribution in [2.75, 3.05) is 4.72 Å². The Hall–Kier alpha value is -2.15. The Morgan fingerprint density at radius 1 is 1.00 bits per heavy atom. The van der Waals surface area contributed by atoms with Crippen molar-refractivity contribution >= 4 is 15.7 Å². The van der Waals surface area contributed by atoms with Crippen LogP contribution in [0, 0.1) is 20.8 Å². The molecule has 0 unspecified atom stereocenters. The average molecular weight is 341 g/mol. The molecule has 2 aromatic carbocycles. The fraction of sp³-hybridized carbons (Fsp3) is 0.250. The highest BCUT2D eigenvalue weighted by atomic mass is 32.2. The highest BCUT2D eigenvalue weighted by molar-refractivity contribution is 7.92. The maximum Gasteiger partial charge on any atom is 0.387 e. The highest BCUT2D eigenvalue weighted by Crippen LogP contribution is 2.30. The van der Waals surface area contributed by atoms with Crippen molar-refractivity contribution in [3.63, 3.8) is 0 Å². The van der Waals surface area contributed by atoms with Gasteiger partial charge in [0.1, 0.15) is 5.75 Å². The monoisotopic (exact) mass is 341 g/mol. The fourth-order valence-electron chi connectivity index (χ4n) is 2.10. The number of alkyl halides is 2. The number of aryl methyl sites for hydroxylation is 3. The second-order valence-electron chi connectivity index (χ2n) is 5.25. The summed E-state index contributed by atoms with van der Waals surface area (Å²) in [5, 5.41) is 0. The number of anilines is 1. The van der Waals surface area contributed by atoms with Crippen LogP contribution in [0.1, 0.15) is 16.7 Å². The van der Waals surface area contributed by atoms with Crippen LogP contribution >= 0.6 is 0 Å². The molecule has 0 fully saturated rings. The van der Waals surface area contributed by atoms with Crippen molar-refractivity contribution in [1.82, 2.24) is 0 Å². The molecule has 0 saturated carbocycles. The quantitative estimate of drug-likeness (QED) is 0.894. The molecule has 4 nitrogen and oxygen atoms in total. The van der Waals surface area contributed by atoms with E-state index in [0.29, 0.717) is 11.1 Å². The summed E-state index contributed by atoms with van der Waals surface area (Å²) in [5.41, 5.74) is 1.99. The molecule has 7 heteroatoms. The van der Waals surface area contributed by atoms with Crippen LogP contribution in [0.3, 0.4) is 0 Å². The highest BCUT2D eigenvalue weighted by Gasteiger charge is 2.20. The van der Waals surface area contributed by atoms with Gasteiger partial charge in [-0.25, -0.2) is 8.42 Å². The zero-order valence-electron chi connectivity index (χ0n) is 12.9. The number of rotatable bonds is 5. The first-order valence-corrected chi connectivity index (χ1v) is 8.33. The number of ether oxygens (including phenoxy) is 1. The largest absolute Gasteiger partial charge is 0.433 e. The van der Waals surface area contributed by atoms with E-state index in [4.69, 9.17) is 0 Å². The third kappa shape index (κ3) is 4.19. The van der Waals surface area contributed by atoms with E-state index in [1.807, 2.05) is 0 Å². The van der Waals surface area contributed by atoms with Gasteiger partial charge in [0.15, 0.2) is 0 Å². The molecule has 0 aliphatic heterocycles. The lowest BCUT2D eigenvalue weighted by atomic mass is 10.2. The third-order valence-electron chi connectivity index (χ3n) is 3.23. The first kappa shape index (κ1) is 17.2. The Morgan fingerprint density at radius 2 is 1.61 bits per heavy atom. The first-order valence-electron chi connectivity index (χ1n) is 6.84. The van der Waals surface area contributed by atoms with Crippen molar-refractivity contribution in [2.24, 2.45) is 0 Å². The van der Waals surface area contributed by atoms with Crippen LogP contribution in [0.2, 0.25) is 0 Å². The topological polar surface area (TPSA) is 55.4 Å². The summed E-state index contributed by atoms with van der Waals surface area (Å²) >= 11 is 0. The molecule has 0 bridgehead atoms. The molecular formula is C16H17F2NO3S. The lowest BCUT2D eigenvalue weighted by Gasteiger charge is -2.15. The predicted molar refractivity (Wildman–Crippen MR) is 84.5 cm³/mol. The molecule has 0 heterocycles. The number of sulfonamides is 1. The van der Waals surface area contributed by atoms with Crippen molar-refractivity contribution in [3.05, 3.63) is 53.1 Å². The van der Waals surface area contributed by atoms with Gasteiger partial charge < -0.3 is 4.74 Å². The Bertz CT molecular complexity index is 820. The lowest BCUT2D eigenvalue weighted by molar-refractivity contribution is -0.0493. The average Bonchev–Trinajstić information content (AvgIpc) is 2.43. The molecule has 124 valence electrons. The molecule has 0 aliphatic carbocycles. The molecule has 0 radical (unpaired) electrons. The zero-order valence-corrected chi connectivity index (χ0v) is 13.7. The summed E-state index contributed by atoms with van der Waals surface area (Å²) in [4.78, 5) is 0.0982. The van der Waals surface area contributed by atoms with E-state index in [9.17, 15) is 17.2 Å². The second-order valence-corrected chi connectivity index (χ2v) is 6.90. The van der Waals surface area contributed by atoms with Crippen LogP contribution in [0.25, 0.3) is 0 Å². The minimum Gasteiger partial charge on any atom is -0.433 e. The van der Waals surface area contributed by atoms with Gasteiger partial charge in [-0.3, -0.25) is 4.72 Å². The molecule has 0 spiro atoms. The van der Waals surface area contributed by atoms with E-state index in [1.54, 1.807) is 39.0 Å². The van der Waals surface area contributed by atoms with E-state index in [-0.39, 0.29) is 16.3 Å². The number of nitrogens with one attached hydrogen (secondary N) is 1. The van der Waals surface area contributed by atoms with Gasteiger partial charge in [-0.05, 0) is 55.7 Å². The van der Waals surface area contributed by atoms with E-state index >= 15 is 0 Å². The van der Waals surface area contributed by atoms with Gasteiger partial charge in [-0.15, -0.1) is 0 Å². The summed E-state index contributed by atoms with van der Waals surface area (Å²) in [6.45, 7) is 2.09. The smallest absolute Gasteiger partial charge is 0.387 e. The zero-order chi connectivity index (χ0) is 17.2. The fourth-order valence-corrected chi connectivity index (χ4v) is 3.50. The van der Waals surface area contributed by atoms with E-state index < -0.39 is 16.6 Å². The molecule has 2 rings (SSSR count). The van der Waals surface area contributed by atoms with E-state index in [1.165, 1.54) is 18.2 Å². The van der Waals surface area contributed by atoms with Crippen molar-refractivity contribution < 1.29 is 21.9 Å². The van der Waals surface area contributed by atoms with E-state index in [2.05, 4.69) is 9.46 Å². The standard InChI is InChI=1S/C16H17F2NO3S/c1-10-5-7-13(14(8-10)22-16(17)18)19-23(20,21)15-9-11(2)4-6-12(15)3/h4-9,16,19H,1-3H3. The maximum atomic E-state index is 12.5. The molecule has 0 saturated heterocycles. The van der Waals surface area contributed by atoms with Gasteiger partial charge in [-0.1, -0.05) is 18.2 Å². The van der Waals surface area contributed by atoms with Crippen molar-refractivity contribution in [3.8, 4) is 5.75 Å². The molecule has 0 aromatic heterocycles. The van der Waals surface area contributed by atoms with Crippen LogP contribution in [0.4, 0.5) is 14.5 Å². The van der Waals surface area contributed by atoms with Gasteiger partial charge in [0.2, 0.25) is 0 Å². The van der Waals surface area contributed by atoms with Crippen LogP contribution in [-0.4, -0.2) is 15.0 Å². The maximum absolute atomic E-state index is 12.5. The first-order chi connectivity index (χ1) is 10.7. The Kier molecular flexibility index (Phi) is 4.89. The Labute approximate surface area is 134 Å². The summed E-state index contributed by atoms with van der Waals surface area (Å²) in [5.74, 6) is -0.214. The van der Waals surface area contributed by atoms with Gasteiger partial charge >= 0.3 is 6.61 Å². The lowest BCUT2D eigenvalue weighted by Crippen LogP contribution is -2.16. The Morgan fingerprint density at radius 3 is 2.26 bits per heavy atom. The minimum absolute atomic E-state index is 0.0307. The summed E-state index contributed by atoms with van der Waals surface area (Å²) in [6.07, 6.45) is 0. The molecule has 23 heavy (non-hydrogen) atoms. The molecular weight excluding hydrogens is 324 g/mol. The molecule has 1 N–H and O–H groups in total. The SMILES string of the molecule is Cc1ccc(NS(=O)(=O)c2cc(C)ccc2C)c(OC(F)F)c1. The molecule has 0 atom stereocenters. The summed E-state index contributed by atoms with van der Waals surface area (Å²) in [7, 11) is -3.91. The Balaban J connectivity index is 2.43. The number of benzene rings is 2. The minimum atomic E-state index is -3.91. The van der Waals surface area contributed by atoms with Gasteiger partial charge in [-0.2, -0.15) is 8.78 Å². The van der Waals surface area contributed by atoms with Crippen LogP contribution in [0.5, 0.6) is 5.75 Å². The van der Waals surface area contributed by atoms with Gasteiger partial charge in [0, 0.05) is 0 Å². The van der Waals surface area contributed by atoms with Gasteiger partial charge in [0.25, 0.3) is 10.0 Å². The number of hydrogen-bond donors (Lipinski definition) is 1. The van der Waals surface area contributed by atoms with Crippen molar-refractivity contribution in [1.29, 1.82) is 0 Å². The van der Waals surface area contributed by atoms with Crippen LogP contribution < -0.4 is 9.46 Å².